The van der Waals surface area contributed by atoms with Gasteiger partial charge in [-0.1, -0.05) is 35.9 Å². The van der Waals surface area contributed by atoms with Gasteiger partial charge in [0.2, 0.25) is 0 Å². The van der Waals surface area contributed by atoms with Gasteiger partial charge in [0.15, 0.2) is 0 Å². The topological polar surface area (TPSA) is 9.23 Å². The minimum atomic E-state index is -0.366. The van der Waals surface area contributed by atoms with E-state index in [1.165, 1.54) is 12.1 Å². The van der Waals surface area contributed by atoms with Crippen LogP contribution in [0.3, 0.4) is 0 Å². The van der Waals surface area contributed by atoms with Gasteiger partial charge in [-0.15, -0.1) is 11.6 Å². The Morgan fingerprint density at radius 3 is 2.63 bits per heavy atom. The Hall–Kier alpha value is -1.25. The molecule has 0 spiro atoms. The molecule has 0 saturated heterocycles. The molecule has 0 bridgehead atoms. The summed E-state index contributed by atoms with van der Waals surface area (Å²) < 4.78 is 18.3. The molecule has 0 aliphatic carbocycles. The lowest BCUT2D eigenvalue weighted by Gasteiger charge is -2.14. The average Bonchev–Trinajstić information content (AvgIpc) is 2.39. The summed E-state index contributed by atoms with van der Waals surface area (Å²) in [6, 6.07) is 11.9. The first-order chi connectivity index (χ1) is 9.11. The normalized spacial score (nSPS) is 12.2. The highest BCUT2D eigenvalue weighted by atomic mass is 35.5. The van der Waals surface area contributed by atoms with Crippen LogP contribution < -0.4 is 4.74 Å². The van der Waals surface area contributed by atoms with Crippen molar-refractivity contribution >= 4 is 23.2 Å². The molecule has 0 saturated carbocycles. The van der Waals surface area contributed by atoms with E-state index in [4.69, 9.17) is 27.9 Å². The molecule has 19 heavy (non-hydrogen) atoms. The third-order valence-corrected chi connectivity index (χ3v) is 3.61. The van der Waals surface area contributed by atoms with Crippen LogP contribution in [0.5, 0.6) is 5.75 Å². The van der Waals surface area contributed by atoms with Crippen molar-refractivity contribution in [3.8, 4) is 5.75 Å². The maximum Gasteiger partial charge on any atom is 0.124 e. The van der Waals surface area contributed by atoms with Crippen LogP contribution in [0.25, 0.3) is 0 Å². The van der Waals surface area contributed by atoms with E-state index in [1.54, 1.807) is 13.2 Å². The van der Waals surface area contributed by atoms with Crippen LogP contribution in [0.1, 0.15) is 16.5 Å². The van der Waals surface area contributed by atoms with Crippen LogP contribution in [0, 0.1) is 5.82 Å². The summed E-state index contributed by atoms with van der Waals surface area (Å²) in [6.07, 6.45) is 0.566. The van der Waals surface area contributed by atoms with Crippen molar-refractivity contribution in [2.24, 2.45) is 0 Å². The van der Waals surface area contributed by atoms with Crippen LogP contribution in [0.15, 0.2) is 42.5 Å². The molecule has 1 nitrogen and oxygen atoms in total. The fourth-order valence-corrected chi connectivity index (χ4v) is 2.64. The fraction of sp³-hybridized carbons (Fsp3) is 0.200. The maximum absolute atomic E-state index is 13.0. The molecule has 0 N–H and O–H groups in total. The Kier molecular flexibility index (Phi) is 4.67. The van der Waals surface area contributed by atoms with Gasteiger partial charge in [-0.25, -0.2) is 4.39 Å². The van der Waals surface area contributed by atoms with E-state index in [-0.39, 0.29) is 11.2 Å². The minimum Gasteiger partial charge on any atom is -0.496 e. The van der Waals surface area contributed by atoms with Crippen molar-refractivity contribution in [3.63, 3.8) is 0 Å². The zero-order valence-electron chi connectivity index (χ0n) is 10.4. The molecule has 0 aliphatic heterocycles. The van der Waals surface area contributed by atoms with E-state index >= 15 is 0 Å². The molecule has 2 aromatic rings. The van der Waals surface area contributed by atoms with Crippen LogP contribution >= 0.6 is 23.2 Å². The van der Waals surface area contributed by atoms with Gasteiger partial charge in [0, 0.05) is 5.02 Å². The molecule has 2 rings (SSSR count). The Morgan fingerprint density at radius 2 is 1.95 bits per heavy atom. The highest BCUT2D eigenvalue weighted by Crippen LogP contribution is 2.33. The van der Waals surface area contributed by atoms with Crippen molar-refractivity contribution in [1.82, 2.24) is 0 Å². The molecule has 100 valence electrons. The summed E-state index contributed by atoms with van der Waals surface area (Å²) in [7, 11) is 1.62. The van der Waals surface area contributed by atoms with E-state index < -0.39 is 0 Å². The molecule has 2 aromatic carbocycles. The number of ether oxygens (including phenoxy) is 1. The molecular formula is C15H13Cl2FO. The van der Waals surface area contributed by atoms with E-state index in [2.05, 4.69) is 0 Å². The Labute approximate surface area is 121 Å². The van der Waals surface area contributed by atoms with E-state index in [0.717, 1.165) is 16.9 Å². The van der Waals surface area contributed by atoms with E-state index in [9.17, 15) is 4.39 Å². The number of hydrogen-bond donors (Lipinski definition) is 0. The minimum absolute atomic E-state index is 0.329. The Balaban J connectivity index is 2.23. The second-order valence-corrected chi connectivity index (χ2v) is 5.08. The molecule has 1 atom stereocenters. The lowest BCUT2D eigenvalue weighted by atomic mass is 10.0. The predicted molar refractivity (Wildman–Crippen MR) is 76.7 cm³/mol. The summed E-state index contributed by atoms with van der Waals surface area (Å²) in [5.74, 6) is 0.418. The standard InChI is InChI=1S/C15H13Cl2FO/c1-19-15-5-3-2-4-10(15)8-13(16)12-7-6-11(18)9-14(12)17/h2-7,9,13H,8H2,1H3. The van der Waals surface area contributed by atoms with Crippen molar-refractivity contribution in [1.29, 1.82) is 0 Å². The average molecular weight is 299 g/mol. The first-order valence-electron chi connectivity index (χ1n) is 5.82. The molecule has 1 unspecified atom stereocenters. The van der Waals surface area contributed by atoms with E-state index in [0.29, 0.717) is 11.4 Å². The number of para-hydroxylation sites is 1. The quantitative estimate of drug-likeness (QED) is 0.721. The molecule has 0 aliphatic rings. The fourth-order valence-electron chi connectivity index (χ4n) is 1.93. The Morgan fingerprint density at radius 1 is 1.21 bits per heavy atom. The first-order valence-corrected chi connectivity index (χ1v) is 6.64. The summed E-state index contributed by atoms with van der Waals surface area (Å²) in [4.78, 5) is 0. The van der Waals surface area contributed by atoms with Crippen LogP contribution in [-0.4, -0.2) is 7.11 Å². The summed E-state index contributed by atoms with van der Waals surface area (Å²) in [5, 5.41) is 0.0132. The third kappa shape index (κ3) is 3.40. The van der Waals surface area contributed by atoms with Crippen molar-refractivity contribution in [2.75, 3.05) is 7.11 Å². The van der Waals surface area contributed by atoms with Gasteiger partial charge in [-0.05, 0) is 35.7 Å². The van der Waals surface area contributed by atoms with Crippen molar-refractivity contribution in [2.45, 2.75) is 11.8 Å². The molecule has 0 radical (unpaired) electrons. The lowest BCUT2D eigenvalue weighted by Crippen LogP contribution is -1.99. The summed E-state index contributed by atoms with van der Waals surface area (Å²) >= 11 is 12.4. The molecule has 0 amide bonds. The number of alkyl halides is 1. The second-order valence-electron chi connectivity index (χ2n) is 4.15. The van der Waals surface area contributed by atoms with Gasteiger partial charge in [-0.2, -0.15) is 0 Å². The maximum atomic E-state index is 13.0. The highest BCUT2D eigenvalue weighted by molar-refractivity contribution is 6.32. The van der Waals surface area contributed by atoms with Gasteiger partial charge < -0.3 is 4.74 Å². The van der Waals surface area contributed by atoms with Crippen LogP contribution in [0.2, 0.25) is 5.02 Å². The third-order valence-electron chi connectivity index (χ3n) is 2.89. The molecule has 0 aromatic heterocycles. The van der Waals surface area contributed by atoms with Gasteiger partial charge in [0.05, 0.1) is 12.5 Å². The number of benzene rings is 2. The zero-order chi connectivity index (χ0) is 13.8. The SMILES string of the molecule is COc1ccccc1CC(Cl)c1ccc(F)cc1Cl. The van der Waals surface area contributed by atoms with Gasteiger partial charge in [-0.3, -0.25) is 0 Å². The molecule has 0 heterocycles. The zero-order valence-corrected chi connectivity index (χ0v) is 11.9. The summed E-state index contributed by atoms with van der Waals surface area (Å²) in [6.45, 7) is 0. The molecule has 4 heteroatoms. The molecular weight excluding hydrogens is 286 g/mol. The van der Waals surface area contributed by atoms with Crippen molar-refractivity contribution < 1.29 is 9.13 Å². The smallest absolute Gasteiger partial charge is 0.124 e. The number of hydrogen-bond acceptors (Lipinski definition) is 1. The van der Waals surface area contributed by atoms with Crippen molar-refractivity contribution in [3.05, 3.63) is 64.4 Å². The van der Waals surface area contributed by atoms with Gasteiger partial charge in [0.25, 0.3) is 0 Å². The van der Waals surface area contributed by atoms with Crippen LogP contribution in [0.4, 0.5) is 4.39 Å². The van der Waals surface area contributed by atoms with Crippen LogP contribution in [-0.2, 0) is 6.42 Å². The number of methoxy groups -OCH3 is 1. The Bertz CT molecular complexity index is 572. The predicted octanol–water partition coefficient (Wildman–Crippen LogP) is 5.01. The van der Waals surface area contributed by atoms with E-state index in [1.807, 2.05) is 24.3 Å². The monoisotopic (exact) mass is 298 g/mol. The van der Waals surface area contributed by atoms with Gasteiger partial charge in [0.1, 0.15) is 11.6 Å². The number of halogens is 3. The second kappa shape index (κ2) is 6.27. The first kappa shape index (κ1) is 14.2. The largest absolute Gasteiger partial charge is 0.496 e. The van der Waals surface area contributed by atoms with Gasteiger partial charge >= 0.3 is 0 Å². The highest BCUT2D eigenvalue weighted by Gasteiger charge is 2.15. The summed E-state index contributed by atoms with van der Waals surface area (Å²) in [5.41, 5.74) is 1.71. The lowest BCUT2D eigenvalue weighted by molar-refractivity contribution is 0.409. The molecule has 0 fully saturated rings. The number of rotatable bonds is 4.